The van der Waals surface area contributed by atoms with Crippen molar-refractivity contribution in [3.05, 3.63) is 76.5 Å². The number of benzene rings is 2. The van der Waals surface area contributed by atoms with Gasteiger partial charge in [0.05, 0.1) is 25.7 Å². The van der Waals surface area contributed by atoms with Crippen LogP contribution in [0.1, 0.15) is 23.6 Å². The van der Waals surface area contributed by atoms with Crippen molar-refractivity contribution in [1.82, 2.24) is 0 Å². The summed E-state index contributed by atoms with van der Waals surface area (Å²) in [4.78, 5) is 28.6. The summed E-state index contributed by atoms with van der Waals surface area (Å²) in [7, 11) is 2.71. The summed E-state index contributed by atoms with van der Waals surface area (Å²) < 4.78 is 9.94. The van der Waals surface area contributed by atoms with E-state index in [4.69, 9.17) is 38.5 Å². The molecule has 1 unspecified atom stereocenters. The molecule has 0 aliphatic carbocycles. The molecule has 0 saturated heterocycles. The molecule has 158 valence electrons. The van der Waals surface area contributed by atoms with Gasteiger partial charge in [0.2, 0.25) is 0 Å². The summed E-state index contributed by atoms with van der Waals surface area (Å²) in [5.41, 5.74) is 2.60. The Bertz CT molecular complexity index is 956. The van der Waals surface area contributed by atoms with Gasteiger partial charge in [0.25, 0.3) is 0 Å². The van der Waals surface area contributed by atoms with Crippen molar-refractivity contribution in [1.29, 1.82) is 0 Å². The predicted molar refractivity (Wildman–Crippen MR) is 120 cm³/mol. The van der Waals surface area contributed by atoms with Crippen LogP contribution in [0.5, 0.6) is 0 Å². The van der Waals surface area contributed by atoms with Crippen molar-refractivity contribution in [2.75, 3.05) is 14.2 Å². The molecule has 30 heavy (non-hydrogen) atoms. The van der Waals surface area contributed by atoms with Crippen molar-refractivity contribution >= 4 is 47.5 Å². The van der Waals surface area contributed by atoms with E-state index in [1.807, 2.05) is 12.1 Å². The second kappa shape index (κ2) is 11.4. The lowest BCUT2D eigenvalue weighted by atomic mass is 9.93. The normalized spacial score (nSPS) is 12.8. The Morgan fingerprint density at radius 1 is 1.10 bits per heavy atom. The van der Waals surface area contributed by atoms with E-state index in [9.17, 15) is 9.59 Å². The molecule has 0 heterocycles. The highest BCUT2D eigenvalue weighted by molar-refractivity contribution is 7.81. The van der Waals surface area contributed by atoms with Crippen LogP contribution in [0.2, 0.25) is 5.02 Å². The van der Waals surface area contributed by atoms with E-state index in [0.717, 1.165) is 5.56 Å². The largest absolute Gasteiger partial charge is 0.503 e. The molecule has 0 aliphatic rings. The third-order valence-electron chi connectivity index (χ3n) is 4.06. The Balaban J connectivity index is 2.53. The Hall–Kier alpha value is -2.77. The van der Waals surface area contributed by atoms with Gasteiger partial charge in [-0.05, 0) is 24.1 Å². The lowest BCUT2D eigenvalue weighted by Gasteiger charge is -2.18. The van der Waals surface area contributed by atoms with Crippen LogP contribution in [0.15, 0.2) is 59.9 Å². The highest BCUT2D eigenvalue weighted by atomic mass is 35.5. The fourth-order valence-corrected chi connectivity index (χ4v) is 3.26. The summed E-state index contributed by atoms with van der Waals surface area (Å²) in [6.45, 7) is 1.25. The Morgan fingerprint density at radius 2 is 1.73 bits per heavy atom. The first-order valence-corrected chi connectivity index (χ1v) is 9.85. The van der Waals surface area contributed by atoms with Crippen LogP contribution in [0.4, 0.5) is 0 Å². The van der Waals surface area contributed by atoms with Gasteiger partial charge < -0.3 is 14.3 Å². The Morgan fingerprint density at radius 3 is 2.30 bits per heavy atom. The molecule has 8 heteroatoms. The summed E-state index contributed by atoms with van der Waals surface area (Å²) in [6.07, 6.45) is 1.77. The van der Waals surface area contributed by atoms with Gasteiger partial charge in [-0.1, -0.05) is 53.2 Å². The number of halogens is 1. The van der Waals surface area contributed by atoms with E-state index in [2.05, 4.69) is 5.16 Å². The first-order chi connectivity index (χ1) is 14.4. The fraction of sp³-hybridized carbons (Fsp3) is 0.227. The Kier molecular flexibility index (Phi) is 8.95. The van der Waals surface area contributed by atoms with E-state index in [1.54, 1.807) is 36.4 Å². The molecule has 6 nitrogen and oxygen atoms in total. The number of nitrogens with zero attached hydrogens (tertiary/aromatic N) is 1. The van der Waals surface area contributed by atoms with E-state index < -0.39 is 17.2 Å². The molecule has 0 saturated carbocycles. The molecule has 0 spiro atoms. The number of ether oxygens (including phenoxy) is 2. The van der Waals surface area contributed by atoms with Crippen LogP contribution < -0.4 is 0 Å². The summed E-state index contributed by atoms with van der Waals surface area (Å²) in [5, 5.41) is 4.22. The minimum Gasteiger partial charge on any atom is -0.503 e. The molecule has 2 rings (SSSR count). The van der Waals surface area contributed by atoms with Gasteiger partial charge in [0.15, 0.2) is 0 Å². The fourth-order valence-electron chi connectivity index (χ4n) is 2.73. The first kappa shape index (κ1) is 23.5. The van der Waals surface area contributed by atoms with Gasteiger partial charge in [-0.2, -0.15) is 12.6 Å². The van der Waals surface area contributed by atoms with Gasteiger partial charge in [0.1, 0.15) is 11.3 Å². The Labute approximate surface area is 185 Å². The molecule has 0 fully saturated rings. The van der Waals surface area contributed by atoms with Crippen LogP contribution in [0, 0.1) is 0 Å². The highest BCUT2D eigenvalue weighted by Gasteiger charge is 2.24. The average molecular weight is 448 g/mol. The SMILES string of the molecule is CO/C=C(/C(=O)OC)c1ccccc1/C(=N/OC(C)=O)C(S)Cc1ccc(Cl)cc1. The van der Waals surface area contributed by atoms with E-state index >= 15 is 0 Å². The molecule has 2 aromatic rings. The van der Waals surface area contributed by atoms with Crippen LogP contribution in [0.3, 0.4) is 0 Å². The maximum atomic E-state index is 12.3. The quantitative estimate of drug-likeness (QED) is 0.124. The summed E-state index contributed by atoms with van der Waals surface area (Å²) >= 11 is 10.7. The number of rotatable bonds is 8. The van der Waals surface area contributed by atoms with Gasteiger partial charge >= 0.3 is 11.9 Å². The molecular formula is C22H22ClNO5S. The summed E-state index contributed by atoms with van der Waals surface area (Å²) in [5.74, 6) is -1.15. The molecule has 0 bridgehead atoms. The van der Waals surface area contributed by atoms with Gasteiger partial charge in [-0.3, -0.25) is 0 Å². The zero-order chi connectivity index (χ0) is 22.1. The van der Waals surface area contributed by atoms with Crippen molar-refractivity contribution in [3.8, 4) is 0 Å². The molecule has 0 radical (unpaired) electrons. The van der Waals surface area contributed by atoms with Gasteiger partial charge in [-0.25, -0.2) is 9.59 Å². The minimum absolute atomic E-state index is 0.193. The molecule has 2 aromatic carbocycles. The minimum atomic E-state index is -0.579. The molecular weight excluding hydrogens is 426 g/mol. The number of oxime groups is 1. The number of hydrogen-bond acceptors (Lipinski definition) is 7. The van der Waals surface area contributed by atoms with Crippen LogP contribution in [0.25, 0.3) is 5.57 Å². The van der Waals surface area contributed by atoms with Gasteiger partial charge in [-0.15, -0.1) is 0 Å². The standard InChI is InChI=1S/C22H22ClNO5S/c1-14(25)29-24-21(20(30)12-15-8-10-16(23)11-9-15)18-7-5-4-6-17(18)19(13-27-2)22(26)28-3/h4-11,13,20,30H,12H2,1-3H3/b19-13+,24-21-. The summed E-state index contributed by atoms with van der Waals surface area (Å²) in [6, 6.07) is 14.4. The maximum absolute atomic E-state index is 12.3. The van der Waals surface area contributed by atoms with Crippen LogP contribution in [-0.4, -0.2) is 37.1 Å². The van der Waals surface area contributed by atoms with Crippen molar-refractivity contribution in [2.45, 2.75) is 18.6 Å². The first-order valence-electron chi connectivity index (χ1n) is 8.96. The van der Waals surface area contributed by atoms with E-state index in [1.165, 1.54) is 27.4 Å². The third-order valence-corrected chi connectivity index (χ3v) is 4.74. The van der Waals surface area contributed by atoms with Crippen LogP contribution in [-0.2, 0) is 30.3 Å². The third kappa shape index (κ3) is 6.37. The second-order valence-electron chi connectivity index (χ2n) is 6.21. The van der Waals surface area contributed by atoms with Crippen molar-refractivity contribution in [3.63, 3.8) is 0 Å². The number of esters is 1. The van der Waals surface area contributed by atoms with Gasteiger partial charge in [0, 0.05) is 23.1 Å². The lowest BCUT2D eigenvalue weighted by molar-refractivity contribution is -0.141. The predicted octanol–water partition coefficient (Wildman–Crippen LogP) is 4.31. The topological polar surface area (TPSA) is 74.2 Å². The zero-order valence-electron chi connectivity index (χ0n) is 16.8. The number of carbonyl (C=O) groups excluding carboxylic acids is 2. The monoisotopic (exact) mass is 447 g/mol. The highest BCUT2D eigenvalue weighted by Crippen LogP contribution is 2.25. The zero-order valence-corrected chi connectivity index (χ0v) is 18.4. The van der Waals surface area contributed by atoms with Crippen molar-refractivity contribution in [2.24, 2.45) is 5.16 Å². The second-order valence-corrected chi connectivity index (χ2v) is 7.27. The molecule has 0 N–H and O–H groups in total. The maximum Gasteiger partial charge on any atom is 0.341 e. The number of thiol groups is 1. The number of methoxy groups -OCH3 is 2. The number of carbonyl (C=O) groups is 2. The molecule has 1 atom stereocenters. The van der Waals surface area contributed by atoms with E-state index in [0.29, 0.717) is 28.3 Å². The average Bonchev–Trinajstić information content (AvgIpc) is 2.73. The smallest absolute Gasteiger partial charge is 0.341 e. The number of hydrogen-bond donors (Lipinski definition) is 1. The van der Waals surface area contributed by atoms with Crippen molar-refractivity contribution < 1.29 is 23.9 Å². The lowest BCUT2D eigenvalue weighted by Crippen LogP contribution is -2.22. The van der Waals surface area contributed by atoms with E-state index in [-0.39, 0.29) is 5.57 Å². The molecule has 0 aromatic heterocycles. The molecule has 0 aliphatic heterocycles. The molecule has 0 amide bonds. The van der Waals surface area contributed by atoms with Crippen LogP contribution >= 0.6 is 24.2 Å².